The Balaban J connectivity index is 2.35. The van der Waals surface area contributed by atoms with Gasteiger partial charge in [-0.05, 0) is 24.1 Å². The summed E-state index contributed by atoms with van der Waals surface area (Å²) in [4.78, 5) is 15.1. The van der Waals surface area contributed by atoms with Crippen molar-refractivity contribution in [1.82, 2.24) is 0 Å². The highest BCUT2D eigenvalue weighted by Crippen LogP contribution is 2.18. The van der Waals surface area contributed by atoms with E-state index >= 15 is 0 Å². The van der Waals surface area contributed by atoms with E-state index in [1.165, 1.54) is 0 Å². The lowest BCUT2D eigenvalue weighted by atomic mass is 10.1. The van der Waals surface area contributed by atoms with Gasteiger partial charge in [0.1, 0.15) is 5.58 Å². The third kappa shape index (κ3) is 1.84. The first-order chi connectivity index (χ1) is 6.79. The normalized spacial score (nSPS) is 10.9. The van der Waals surface area contributed by atoms with Gasteiger partial charge in [0.05, 0.1) is 11.3 Å². The van der Waals surface area contributed by atoms with Crippen molar-refractivity contribution >= 4 is 21.6 Å². The van der Waals surface area contributed by atoms with E-state index < -0.39 is 0 Å². The number of nitrogens with two attached hydrogens (primary N) is 1. The van der Waals surface area contributed by atoms with Crippen molar-refractivity contribution in [2.24, 2.45) is 5.90 Å². The number of hydrogen-bond donors (Lipinski definition) is 1. The molecule has 0 atom stereocenters. The molecule has 0 radical (unpaired) electrons. The molecular weight excluding hydrogens is 202 g/mol. The summed E-state index contributed by atoms with van der Waals surface area (Å²) in [5.41, 5.74) is 1.68. The highest BCUT2D eigenvalue weighted by Gasteiger charge is 2.02. The Hall–Kier alpha value is -1.17. The van der Waals surface area contributed by atoms with Crippen molar-refractivity contribution in [1.29, 1.82) is 0 Å². The summed E-state index contributed by atoms with van der Waals surface area (Å²) < 4.78 is 5.85. The Labute approximate surface area is 83.9 Å². The third-order valence-electron chi connectivity index (χ3n) is 1.90. The van der Waals surface area contributed by atoms with Crippen LogP contribution in [0.4, 0.5) is 0 Å². The van der Waals surface area contributed by atoms with Gasteiger partial charge >= 0.3 is 4.94 Å². The molecule has 0 amide bonds. The minimum Gasteiger partial charge on any atom is -0.414 e. The molecule has 14 heavy (non-hydrogen) atoms. The molecule has 0 unspecified atom stereocenters. The Morgan fingerprint density at radius 3 is 3.14 bits per heavy atom. The largest absolute Gasteiger partial charge is 0.414 e. The topological polar surface area (TPSA) is 65.5 Å². The van der Waals surface area contributed by atoms with Crippen LogP contribution in [0, 0.1) is 0 Å². The van der Waals surface area contributed by atoms with Gasteiger partial charge in [-0.15, -0.1) is 0 Å². The second kappa shape index (κ2) is 3.91. The predicted molar refractivity (Wildman–Crippen MR) is 54.2 cm³/mol. The van der Waals surface area contributed by atoms with Crippen LogP contribution < -0.4 is 10.8 Å². The van der Waals surface area contributed by atoms with Crippen LogP contribution in [0.2, 0.25) is 0 Å². The molecule has 0 aliphatic heterocycles. The first-order valence-electron chi connectivity index (χ1n) is 4.14. The summed E-state index contributed by atoms with van der Waals surface area (Å²) in [5, 5.41) is 0. The van der Waals surface area contributed by atoms with Crippen LogP contribution in [0.5, 0.6) is 0 Å². The van der Waals surface area contributed by atoms with Gasteiger partial charge in [-0.1, -0.05) is 17.4 Å². The molecule has 4 nitrogen and oxygen atoms in total. The Morgan fingerprint density at radius 2 is 2.36 bits per heavy atom. The fourth-order valence-electron chi connectivity index (χ4n) is 1.25. The monoisotopic (exact) mass is 211 g/mol. The van der Waals surface area contributed by atoms with E-state index in [0.717, 1.165) is 21.6 Å². The summed E-state index contributed by atoms with van der Waals surface area (Å²) in [6, 6.07) is 5.65. The molecule has 1 aromatic heterocycles. The van der Waals surface area contributed by atoms with Crippen LogP contribution in [0.3, 0.4) is 0 Å². The highest BCUT2D eigenvalue weighted by molar-refractivity contribution is 7.16. The van der Waals surface area contributed by atoms with Crippen LogP contribution in [-0.2, 0) is 11.3 Å². The zero-order valence-electron chi connectivity index (χ0n) is 7.36. The second-order valence-corrected chi connectivity index (χ2v) is 3.83. The van der Waals surface area contributed by atoms with E-state index in [2.05, 4.69) is 4.84 Å². The number of fused-ring (bicyclic) bond motifs is 1. The van der Waals surface area contributed by atoms with Crippen molar-refractivity contribution in [2.45, 2.75) is 6.42 Å². The van der Waals surface area contributed by atoms with Crippen LogP contribution >= 0.6 is 11.3 Å². The second-order valence-electron chi connectivity index (χ2n) is 2.86. The minimum atomic E-state index is -0.271. The smallest absolute Gasteiger partial charge is 0.396 e. The molecule has 0 fully saturated rings. The highest BCUT2D eigenvalue weighted by atomic mass is 32.1. The Morgan fingerprint density at radius 1 is 1.50 bits per heavy atom. The lowest BCUT2D eigenvalue weighted by molar-refractivity contribution is 0.141. The predicted octanol–water partition coefficient (Wildman–Crippen LogP) is 1.29. The van der Waals surface area contributed by atoms with Crippen molar-refractivity contribution in [3.8, 4) is 0 Å². The zero-order chi connectivity index (χ0) is 9.97. The van der Waals surface area contributed by atoms with Gasteiger partial charge in [-0.3, -0.25) is 0 Å². The lowest BCUT2D eigenvalue weighted by Crippen LogP contribution is -2.03. The van der Waals surface area contributed by atoms with Gasteiger partial charge in [0.2, 0.25) is 0 Å². The van der Waals surface area contributed by atoms with Gasteiger partial charge in [0.15, 0.2) is 0 Å². The number of rotatable bonds is 3. The molecule has 74 valence electrons. The van der Waals surface area contributed by atoms with Crippen LogP contribution in [0.25, 0.3) is 10.3 Å². The molecule has 0 spiro atoms. The van der Waals surface area contributed by atoms with E-state index in [1.807, 2.05) is 18.2 Å². The maximum absolute atomic E-state index is 10.9. The SMILES string of the molecule is NOCCc1ccc2sc(=O)oc2c1. The van der Waals surface area contributed by atoms with Crippen molar-refractivity contribution in [3.63, 3.8) is 0 Å². The molecule has 2 aromatic rings. The van der Waals surface area contributed by atoms with Crippen molar-refractivity contribution in [3.05, 3.63) is 33.5 Å². The van der Waals surface area contributed by atoms with Gasteiger partial charge in [0, 0.05) is 0 Å². The van der Waals surface area contributed by atoms with Gasteiger partial charge in [-0.2, -0.15) is 0 Å². The van der Waals surface area contributed by atoms with Crippen LogP contribution in [0.15, 0.2) is 27.4 Å². The molecule has 1 heterocycles. The fourth-order valence-corrected chi connectivity index (χ4v) is 1.90. The molecule has 1 aromatic carbocycles. The summed E-state index contributed by atoms with van der Waals surface area (Å²) in [6.45, 7) is 0.458. The summed E-state index contributed by atoms with van der Waals surface area (Å²) in [6.07, 6.45) is 0.714. The van der Waals surface area contributed by atoms with Gasteiger partial charge in [-0.25, -0.2) is 10.7 Å². The quantitative estimate of drug-likeness (QED) is 0.777. The Bertz CT molecular complexity index is 488. The number of benzene rings is 1. The summed E-state index contributed by atoms with van der Waals surface area (Å²) >= 11 is 1.11. The standard InChI is InChI=1S/C9H9NO3S/c10-12-4-3-6-1-2-8-7(5-6)13-9(11)14-8/h1-2,5H,3-4,10H2. The molecule has 2 rings (SSSR count). The van der Waals surface area contributed by atoms with Crippen LogP contribution in [-0.4, -0.2) is 6.61 Å². The summed E-state index contributed by atoms with van der Waals surface area (Å²) in [7, 11) is 0. The Kier molecular flexibility index (Phi) is 2.62. The maximum atomic E-state index is 10.9. The van der Waals surface area contributed by atoms with Gasteiger partial charge < -0.3 is 9.25 Å². The molecule has 0 saturated heterocycles. The maximum Gasteiger partial charge on any atom is 0.396 e. The molecule has 2 N–H and O–H groups in total. The first kappa shape index (κ1) is 9.39. The first-order valence-corrected chi connectivity index (χ1v) is 4.95. The molecule has 0 aliphatic rings. The molecule has 0 aliphatic carbocycles. The molecule has 0 bridgehead atoms. The van der Waals surface area contributed by atoms with Crippen molar-refractivity contribution in [2.75, 3.05) is 6.61 Å². The number of hydrogen-bond acceptors (Lipinski definition) is 5. The van der Waals surface area contributed by atoms with E-state index in [4.69, 9.17) is 10.3 Å². The van der Waals surface area contributed by atoms with E-state index in [1.54, 1.807) is 0 Å². The summed E-state index contributed by atoms with van der Waals surface area (Å²) in [5.74, 6) is 4.92. The zero-order valence-corrected chi connectivity index (χ0v) is 8.17. The minimum absolute atomic E-state index is 0.271. The van der Waals surface area contributed by atoms with Gasteiger partial charge in [0.25, 0.3) is 0 Å². The van der Waals surface area contributed by atoms with E-state index in [-0.39, 0.29) is 4.94 Å². The fraction of sp³-hybridized carbons (Fsp3) is 0.222. The molecule has 0 saturated carbocycles. The van der Waals surface area contributed by atoms with E-state index in [0.29, 0.717) is 18.6 Å². The molecule has 5 heteroatoms. The van der Waals surface area contributed by atoms with Crippen LogP contribution in [0.1, 0.15) is 5.56 Å². The third-order valence-corrected chi connectivity index (χ3v) is 2.71. The van der Waals surface area contributed by atoms with E-state index in [9.17, 15) is 4.79 Å². The van der Waals surface area contributed by atoms with Crippen molar-refractivity contribution < 1.29 is 9.25 Å². The average molecular weight is 211 g/mol. The molecular formula is C9H9NO3S. The average Bonchev–Trinajstić information content (AvgIpc) is 2.54. The lowest BCUT2D eigenvalue weighted by Gasteiger charge is -1.98.